The van der Waals surface area contributed by atoms with Crippen LogP contribution in [0, 0.1) is 0 Å². The summed E-state index contributed by atoms with van der Waals surface area (Å²) in [5, 5.41) is 11.5. The Morgan fingerprint density at radius 1 is 1.21 bits per heavy atom. The number of fused-ring (bicyclic) bond motifs is 1. The van der Waals surface area contributed by atoms with Crippen molar-refractivity contribution in [1.82, 2.24) is 24.6 Å². The highest BCUT2D eigenvalue weighted by Crippen LogP contribution is 2.19. The van der Waals surface area contributed by atoms with E-state index in [1.165, 1.54) is 0 Å². The van der Waals surface area contributed by atoms with Crippen LogP contribution >= 0.6 is 35.3 Å². The van der Waals surface area contributed by atoms with Gasteiger partial charge in [0.1, 0.15) is 12.4 Å². The molecule has 10 heteroatoms. The first-order chi connectivity index (χ1) is 11.3. The number of guanidine groups is 1. The van der Waals surface area contributed by atoms with Crippen LogP contribution in [-0.4, -0.2) is 56.8 Å². The van der Waals surface area contributed by atoms with Gasteiger partial charge in [0.15, 0.2) is 16.9 Å². The number of hydrogen-bond donors (Lipinski definition) is 1. The molecule has 2 aliphatic heterocycles. The first kappa shape index (κ1) is 17.4. The van der Waals surface area contributed by atoms with Crippen LogP contribution in [0.3, 0.4) is 0 Å². The summed E-state index contributed by atoms with van der Waals surface area (Å²) in [4.78, 5) is 13.3. The lowest BCUT2D eigenvalue weighted by molar-refractivity contribution is 0.380. The summed E-state index contributed by atoms with van der Waals surface area (Å²) < 4.78 is 2.16. The molecule has 0 bridgehead atoms. The number of aromatic nitrogens is 4. The SMILES string of the molecule is I.NC(=NCc1nnc2n1CCC2)N1CCN(c2nccs2)CC1. The van der Waals surface area contributed by atoms with E-state index in [4.69, 9.17) is 5.73 Å². The first-order valence-electron chi connectivity index (χ1n) is 7.91. The predicted octanol–water partition coefficient (Wildman–Crippen LogP) is 0.936. The summed E-state index contributed by atoms with van der Waals surface area (Å²) in [5.74, 6) is 2.59. The molecule has 0 radical (unpaired) electrons. The van der Waals surface area contributed by atoms with Gasteiger partial charge in [-0.05, 0) is 6.42 Å². The van der Waals surface area contributed by atoms with E-state index in [1.807, 2.05) is 11.6 Å². The van der Waals surface area contributed by atoms with E-state index in [0.29, 0.717) is 12.5 Å². The molecule has 0 unspecified atom stereocenters. The summed E-state index contributed by atoms with van der Waals surface area (Å²) >= 11 is 1.68. The van der Waals surface area contributed by atoms with Gasteiger partial charge < -0.3 is 20.1 Å². The van der Waals surface area contributed by atoms with E-state index in [1.54, 1.807) is 11.3 Å². The maximum Gasteiger partial charge on any atom is 0.191 e. The molecule has 2 aromatic rings. The van der Waals surface area contributed by atoms with Crippen molar-refractivity contribution in [2.45, 2.75) is 25.9 Å². The number of nitrogens with zero attached hydrogens (tertiary/aromatic N) is 7. The molecular formula is C14H21IN8S. The number of nitrogens with two attached hydrogens (primary N) is 1. The third-order valence-electron chi connectivity index (χ3n) is 4.36. The Labute approximate surface area is 161 Å². The lowest BCUT2D eigenvalue weighted by atomic mass is 10.3. The van der Waals surface area contributed by atoms with Gasteiger partial charge in [-0.1, -0.05) is 0 Å². The molecule has 0 amide bonds. The fourth-order valence-corrected chi connectivity index (χ4v) is 3.78. The van der Waals surface area contributed by atoms with Gasteiger partial charge in [-0.3, -0.25) is 0 Å². The normalized spacial score (nSPS) is 17.8. The van der Waals surface area contributed by atoms with Gasteiger partial charge in [-0.25, -0.2) is 9.98 Å². The number of hydrogen-bond acceptors (Lipinski definition) is 6. The van der Waals surface area contributed by atoms with E-state index in [-0.39, 0.29) is 24.0 Å². The molecule has 4 rings (SSSR count). The van der Waals surface area contributed by atoms with Crippen LogP contribution in [-0.2, 0) is 19.5 Å². The van der Waals surface area contributed by atoms with Crippen molar-refractivity contribution >= 4 is 46.4 Å². The molecule has 4 heterocycles. The van der Waals surface area contributed by atoms with E-state index < -0.39 is 0 Å². The largest absolute Gasteiger partial charge is 0.370 e. The van der Waals surface area contributed by atoms with E-state index in [9.17, 15) is 0 Å². The van der Waals surface area contributed by atoms with Gasteiger partial charge in [0.05, 0.1) is 0 Å². The molecule has 2 N–H and O–H groups in total. The Balaban J connectivity index is 0.00000169. The zero-order valence-electron chi connectivity index (χ0n) is 13.3. The Morgan fingerprint density at radius 3 is 2.79 bits per heavy atom. The van der Waals surface area contributed by atoms with Gasteiger partial charge in [0.2, 0.25) is 0 Å². The summed E-state index contributed by atoms with van der Waals surface area (Å²) in [6.45, 7) is 5.08. The lowest BCUT2D eigenvalue weighted by Crippen LogP contribution is -2.51. The van der Waals surface area contributed by atoms with Crippen molar-refractivity contribution in [3.8, 4) is 0 Å². The molecular weight excluding hydrogens is 439 g/mol. The Hall–Kier alpha value is -1.43. The number of rotatable bonds is 3. The molecule has 0 spiro atoms. The number of aliphatic imine (C=N–C) groups is 1. The van der Waals surface area contributed by atoms with E-state index in [2.05, 4.69) is 34.5 Å². The van der Waals surface area contributed by atoms with Gasteiger partial charge in [-0.2, -0.15) is 0 Å². The summed E-state index contributed by atoms with van der Waals surface area (Å²) in [5.41, 5.74) is 6.16. The second-order valence-corrected chi connectivity index (χ2v) is 6.62. The van der Waals surface area contributed by atoms with Crippen LogP contribution < -0.4 is 10.6 Å². The smallest absolute Gasteiger partial charge is 0.191 e. The van der Waals surface area contributed by atoms with Crippen molar-refractivity contribution in [3.05, 3.63) is 23.2 Å². The topological polar surface area (TPSA) is 88.5 Å². The maximum atomic E-state index is 6.16. The Kier molecular flexibility index (Phi) is 5.54. The van der Waals surface area contributed by atoms with Crippen molar-refractivity contribution in [1.29, 1.82) is 0 Å². The minimum Gasteiger partial charge on any atom is -0.370 e. The molecule has 2 aliphatic rings. The number of anilines is 1. The fourth-order valence-electron chi connectivity index (χ4n) is 3.08. The molecule has 0 aromatic carbocycles. The zero-order valence-corrected chi connectivity index (χ0v) is 16.5. The van der Waals surface area contributed by atoms with Crippen molar-refractivity contribution in [2.75, 3.05) is 31.1 Å². The minimum atomic E-state index is 0. The standard InChI is InChI=1S/C14H20N8S.HI/c15-13(17-10-12-19-18-11-2-1-4-22(11)12)20-5-7-21(8-6-20)14-16-3-9-23-14;/h3,9H,1-2,4-8,10H2,(H2,15,17);1H. The highest BCUT2D eigenvalue weighted by Gasteiger charge is 2.20. The average Bonchev–Trinajstić information content (AvgIpc) is 3.31. The summed E-state index contributed by atoms with van der Waals surface area (Å²) in [6.07, 6.45) is 4.01. The number of aryl methyl sites for hydroxylation is 1. The van der Waals surface area contributed by atoms with Gasteiger partial charge in [0.25, 0.3) is 0 Å². The highest BCUT2D eigenvalue weighted by atomic mass is 127. The third-order valence-corrected chi connectivity index (χ3v) is 5.19. The highest BCUT2D eigenvalue weighted by molar-refractivity contribution is 14.0. The monoisotopic (exact) mass is 460 g/mol. The average molecular weight is 460 g/mol. The molecule has 0 atom stereocenters. The second-order valence-electron chi connectivity index (χ2n) is 5.75. The van der Waals surface area contributed by atoms with E-state index in [0.717, 1.165) is 62.3 Å². The number of piperazine rings is 1. The zero-order chi connectivity index (χ0) is 15.6. The summed E-state index contributed by atoms with van der Waals surface area (Å²) in [7, 11) is 0. The van der Waals surface area contributed by atoms with Crippen LogP contribution in [0.15, 0.2) is 16.6 Å². The molecule has 130 valence electrons. The molecule has 1 fully saturated rings. The lowest BCUT2D eigenvalue weighted by Gasteiger charge is -2.35. The molecule has 1 saturated heterocycles. The van der Waals surface area contributed by atoms with Gasteiger partial charge in [0, 0.05) is 50.7 Å². The second kappa shape index (κ2) is 7.64. The molecule has 0 aliphatic carbocycles. The van der Waals surface area contributed by atoms with Crippen LogP contribution in [0.25, 0.3) is 0 Å². The maximum absolute atomic E-state index is 6.16. The van der Waals surface area contributed by atoms with Crippen molar-refractivity contribution < 1.29 is 0 Å². The fraction of sp³-hybridized carbons (Fsp3) is 0.571. The molecule has 0 saturated carbocycles. The Morgan fingerprint density at radius 2 is 2.04 bits per heavy atom. The van der Waals surface area contributed by atoms with Gasteiger partial charge >= 0.3 is 0 Å². The minimum absolute atomic E-state index is 0. The van der Waals surface area contributed by atoms with Crippen LogP contribution in [0.4, 0.5) is 5.13 Å². The third kappa shape index (κ3) is 3.48. The summed E-state index contributed by atoms with van der Waals surface area (Å²) in [6, 6.07) is 0. The quantitative estimate of drug-likeness (QED) is 0.417. The van der Waals surface area contributed by atoms with Gasteiger partial charge in [-0.15, -0.1) is 45.5 Å². The van der Waals surface area contributed by atoms with Crippen molar-refractivity contribution in [2.24, 2.45) is 10.7 Å². The number of thiazole rings is 1. The number of halogens is 1. The van der Waals surface area contributed by atoms with Crippen LogP contribution in [0.2, 0.25) is 0 Å². The first-order valence-corrected chi connectivity index (χ1v) is 8.79. The Bertz CT molecular complexity index is 690. The van der Waals surface area contributed by atoms with Crippen LogP contribution in [0.5, 0.6) is 0 Å². The molecule has 24 heavy (non-hydrogen) atoms. The molecule has 2 aromatic heterocycles. The molecule has 8 nitrogen and oxygen atoms in total. The van der Waals surface area contributed by atoms with Crippen molar-refractivity contribution in [3.63, 3.8) is 0 Å². The van der Waals surface area contributed by atoms with E-state index >= 15 is 0 Å². The van der Waals surface area contributed by atoms with Crippen LogP contribution in [0.1, 0.15) is 18.1 Å². The predicted molar refractivity (Wildman–Crippen MR) is 105 cm³/mol.